The number of ether oxygens (including phenoxy) is 1. The Morgan fingerprint density at radius 1 is 1.33 bits per heavy atom. The van der Waals surface area contributed by atoms with E-state index in [-0.39, 0.29) is 5.97 Å². The third-order valence-corrected chi connectivity index (χ3v) is 4.28. The van der Waals surface area contributed by atoms with Gasteiger partial charge in [-0.15, -0.1) is 11.8 Å². The van der Waals surface area contributed by atoms with Gasteiger partial charge in [-0.3, -0.25) is 18.7 Å². The Labute approximate surface area is 124 Å². The molecule has 7 nitrogen and oxygen atoms in total. The predicted octanol–water partition coefficient (Wildman–Crippen LogP) is 0.286. The fourth-order valence-electron chi connectivity index (χ4n) is 1.96. The Bertz CT molecular complexity index is 825. The van der Waals surface area contributed by atoms with E-state index in [1.54, 1.807) is 20.0 Å². The summed E-state index contributed by atoms with van der Waals surface area (Å²) in [5.74, 6) is -0.383. The highest BCUT2D eigenvalue weighted by atomic mass is 32.2. The number of thioether (sulfide) groups is 1. The number of fused-ring (bicyclic) bond motifs is 1. The molecule has 0 bridgehead atoms. The molecule has 21 heavy (non-hydrogen) atoms. The van der Waals surface area contributed by atoms with Gasteiger partial charge in [-0.2, -0.15) is 0 Å². The van der Waals surface area contributed by atoms with Crippen LogP contribution in [0.15, 0.2) is 26.7 Å². The van der Waals surface area contributed by atoms with Crippen LogP contribution in [0.4, 0.5) is 0 Å². The molecule has 1 atom stereocenters. The number of carbonyl (C=O) groups excluding carboxylic acids is 1. The number of aryl methyl sites for hydroxylation is 1. The lowest BCUT2D eigenvalue weighted by molar-refractivity contribution is -0.139. The van der Waals surface area contributed by atoms with Crippen molar-refractivity contribution in [1.29, 1.82) is 0 Å². The van der Waals surface area contributed by atoms with Gasteiger partial charge in [-0.05, 0) is 13.0 Å². The average Bonchev–Trinajstić information content (AvgIpc) is 2.49. The van der Waals surface area contributed by atoms with E-state index in [4.69, 9.17) is 0 Å². The summed E-state index contributed by atoms with van der Waals surface area (Å²) in [7, 11) is 4.28. The Morgan fingerprint density at radius 2 is 2.00 bits per heavy atom. The number of esters is 1. The number of aromatic nitrogens is 3. The maximum absolute atomic E-state index is 12.3. The van der Waals surface area contributed by atoms with Gasteiger partial charge in [0, 0.05) is 25.2 Å². The van der Waals surface area contributed by atoms with Crippen molar-refractivity contribution in [2.24, 2.45) is 14.1 Å². The summed E-state index contributed by atoms with van der Waals surface area (Å²) < 4.78 is 7.01. The topological polar surface area (TPSA) is 83.2 Å². The standard InChI is InChI=1S/C13H15N3O4S/c1-7(12(18)20-4)21-8-5-6-14-10-9(8)11(17)16(3)13(19)15(10)2/h5-7H,1-4H3. The first-order valence-corrected chi connectivity index (χ1v) is 7.05. The molecule has 0 radical (unpaired) electrons. The lowest BCUT2D eigenvalue weighted by atomic mass is 10.3. The van der Waals surface area contributed by atoms with Crippen molar-refractivity contribution in [3.8, 4) is 0 Å². The summed E-state index contributed by atoms with van der Waals surface area (Å²) in [5.41, 5.74) is -0.575. The minimum atomic E-state index is -0.470. The SMILES string of the molecule is COC(=O)C(C)Sc1ccnc2c1c(=O)n(C)c(=O)n2C. The van der Waals surface area contributed by atoms with Gasteiger partial charge >= 0.3 is 11.7 Å². The number of hydrogen-bond donors (Lipinski definition) is 0. The van der Waals surface area contributed by atoms with Crippen molar-refractivity contribution in [2.45, 2.75) is 17.1 Å². The molecule has 0 saturated carbocycles. The molecule has 0 N–H and O–H groups in total. The molecule has 2 aromatic rings. The van der Waals surface area contributed by atoms with Crippen molar-refractivity contribution in [2.75, 3.05) is 7.11 Å². The number of carbonyl (C=O) groups is 1. The average molecular weight is 309 g/mol. The molecule has 2 rings (SSSR count). The predicted molar refractivity (Wildman–Crippen MR) is 79.6 cm³/mol. The first-order valence-electron chi connectivity index (χ1n) is 6.17. The minimum Gasteiger partial charge on any atom is -0.468 e. The molecule has 2 heterocycles. The number of rotatable bonds is 3. The number of pyridine rings is 1. The third kappa shape index (κ3) is 2.58. The normalized spacial score (nSPS) is 12.4. The fraction of sp³-hybridized carbons (Fsp3) is 0.385. The minimum absolute atomic E-state index is 0.296. The molecule has 8 heteroatoms. The molecule has 1 unspecified atom stereocenters. The van der Waals surface area contributed by atoms with Crippen LogP contribution in [0.1, 0.15) is 6.92 Å². The van der Waals surface area contributed by atoms with Crippen molar-refractivity contribution in [3.05, 3.63) is 33.1 Å². The van der Waals surface area contributed by atoms with Crippen LogP contribution in [0.5, 0.6) is 0 Å². The first kappa shape index (κ1) is 15.3. The molecule has 0 aliphatic carbocycles. The van der Waals surface area contributed by atoms with Gasteiger partial charge in [0.25, 0.3) is 5.56 Å². The first-order chi connectivity index (χ1) is 9.88. The van der Waals surface area contributed by atoms with Crippen LogP contribution in [0.25, 0.3) is 11.0 Å². The van der Waals surface area contributed by atoms with E-state index < -0.39 is 16.5 Å². The molecule has 0 fully saturated rings. The zero-order valence-electron chi connectivity index (χ0n) is 12.1. The van der Waals surface area contributed by atoms with E-state index in [1.165, 1.54) is 36.7 Å². The van der Waals surface area contributed by atoms with Crippen LogP contribution in [-0.4, -0.2) is 32.4 Å². The fourth-order valence-corrected chi connectivity index (χ4v) is 2.97. The van der Waals surface area contributed by atoms with Gasteiger partial charge in [0.05, 0.1) is 12.5 Å². The second-order valence-electron chi connectivity index (χ2n) is 4.50. The quantitative estimate of drug-likeness (QED) is 0.598. The highest BCUT2D eigenvalue weighted by Crippen LogP contribution is 2.27. The molecular formula is C13H15N3O4S. The summed E-state index contributed by atoms with van der Waals surface area (Å²) in [5, 5.41) is -0.148. The van der Waals surface area contributed by atoms with Gasteiger partial charge < -0.3 is 4.74 Å². The van der Waals surface area contributed by atoms with E-state index in [0.29, 0.717) is 15.9 Å². The molecular weight excluding hydrogens is 294 g/mol. The number of hydrogen-bond acceptors (Lipinski definition) is 6. The zero-order valence-corrected chi connectivity index (χ0v) is 12.9. The molecule has 0 saturated heterocycles. The molecule has 0 amide bonds. The highest BCUT2D eigenvalue weighted by Gasteiger charge is 2.19. The Kier molecular flexibility index (Phi) is 4.17. The summed E-state index contributed by atoms with van der Waals surface area (Å²) >= 11 is 1.20. The van der Waals surface area contributed by atoms with Crippen LogP contribution in [0, 0.1) is 0 Å². The van der Waals surface area contributed by atoms with Crippen molar-refractivity contribution >= 4 is 28.8 Å². The Hall–Kier alpha value is -2.09. The van der Waals surface area contributed by atoms with Crippen LogP contribution < -0.4 is 11.2 Å². The van der Waals surface area contributed by atoms with Crippen molar-refractivity contribution in [1.82, 2.24) is 14.1 Å². The maximum atomic E-state index is 12.3. The second kappa shape index (κ2) is 5.72. The zero-order chi connectivity index (χ0) is 15.7. The molecule has 0 aliphatic heterocycles. The van der Waals surface area contributed by atoms with Gasteiger partial charge in [-0.1, -0.05) is 0 Å². The molecule has 2 aromatic heterocycles. The van der Waals surface area contributed by atoms with E-state index in [2.05, 4.69) is 9.72 Å². The van der Waals surface area contributed by atoms with Gasteiger partial charge in [0.15, 0.2) is 0 Å². The third-order valence-electron chi connectivity index (χ3n) is 3.14. The largest absolute Gasteiger partial charge is 0.468 e. The number of methoxy groups -OCH3 is 1. The lowest BCUT2D eigenvalue weighted by Crippen LogP contribution is -2.37. The van der Waals surface area contributed by atoms with Gasteiger partial charge in [-0.25, -0.2) is 9.78 Å². The Balaban J connectivity index is 2.70. The monoisotopic (exact) mass is 309 g/mol. The van der Waals surface area contributed by atoms with E-state index in [9.17, 15) is 14.4 Å². The van der Waals surface area contributed by atoms with Crippen LogP contribution >= 0.6 is 11.8 Å². The summed E-state index contributed by atoms with van der Waals surface area (Å²) in [6, 6.07) is 1.65. The summed E-state index contributed by atoms with van der Waals surface area (Å²) in [6.07, 6.45) is 1.51. The summed E-state index contributed by atoms with van der Waals surface area (Å²) in [6.45, 7) is 1.69. The molecule has 0 aromatic carbocycles. The van der Waals surface area contributed by atoms with Gasteiger partial charge in [0.2, 0.25) is 0 Å². The van der Waals surface area contributed by atoms with Crippen molar-refractivity contribution in [3.63, 3.8) is 0 Å². The van der Waals surface area contributed by atoms with E-state index >= 15 is 0 Å². The molecule has 0 aliphatic rings. The molecule has 0 spiro atoms. The van der Waals surface area contributed by atoms with E-state index in [0.717, 1.165) is 4.57 Å². The highest BCUT2D eigenvalue weighted by molar-refractivity contribution is 8.00. The van der Waals surface area contributed by atoms with Crippen molar-refractivity contribution < 1.29 is 9.53 Å². The second-order valence-corrected chi connectivity index (χ2v) is 5.88. The number of nitrogens with zero attached hydrogens (tertiary/aromatic N) is 3. The van der Waals surface area contributed by atoms with Crippen LogP contribution in [0.2, 0.25) is 0 Å². The van der Waals surface area contributed by atoms with Crippen LogP contribution in [-0.2, 0) is 23.6 Å². The van der Waals surface area contributed by atoms with Gasteiger partial charge in [0.1, 0.15) is 10.9 Å². The summed E-state index contributed by atoms with van der Waals surface area (Å²) in [4.78, 5) is 40.4. The van der Waals surface area contributed by atoms with Crippen LogP contribution in [0.3, 0.4) is 0 Å². The molecule has 112 valence electrons. The smallest absolute Gasteiger partial charge is 0.332 e. The maximum Gasteiger partial charge on any atom is 0.332 e. The van der Waals surface area contributed by atoms with E-state index in [1.807, 2.05) is 0 Å². The Morgan fingerprint density at radius 3 is 2.62 bits per heavy atom. The lowest BCUT2D eigenvalue weighted by Gasteiger charge is -2.12.